The van der Waals surface area contributed by atoms with Gasteiger partial charge in [0.15, 0.2) is 13.1 Å². The highest BCUT2D eigenvalue weighted by Gasteiger charge is 2.11. The lowest BCUT2D eigenvalue weighted by Crippen LogP contribution is -2.03. The van der Waals surface area contributed by atoms with Crippen LogP contribution in [0.2, 0.25) is 0 Å². The fourth-order valence-electron chi connectivity index (χ4n) is 1.87. The Morgan fingerprint density at radius 2 is 2.16 bits per heavy atom. The highest BCUT2D eigenvalue weighted by atomic mass is 16.7. The zero-order valence-electron chi connectivity index (χ0n) is 10.9. The third kappa shape index (κ3) is 2.98. The Morgan fingerprint density at radius 1 is 1.32 bits per heavy atom. The normalized spacial score (nSPS) is 10.2. The van der Waals surface area contributed by atoms with Gasteiger partial charge in [0.2, 0.25) is 0 Å². The van der Waals surface area contributed by atoms with Crippen LogP contribution >= 0.6 is 0 Å². The SMILES string of the molecule is COCOc1c(C=O)cccc1-c1ccnc(C)c1. The summed E-state index contributed by atoms with van der Waals surface area (Å²) < 4.78 is 10.4. The second kappa shape index (κ2) is 6.11. The molecule has 1 aromatic heterocycles. The summed E-state index contributed by atoms with van der Waals surface area (Å²) in [7, 11) is 1.54. The zero-order valence-corrected chi connectivity index (χ0v) is 10.9. The molecule has 0 saturated heterocycles. The monoisotopic (exact) mass is 257 g/mol. The van der Waals surface area contributed by atoms with Crippen molar-refractivity contribution in [1.82, 2.24) is 4.98 Å². The number of carbonyl (C=O) groups excluding carboxylic acids is 1. The molecule has 1 aromatic carbocycles. The summed E-state index contributed by atoms with van der Waals surface area (Å²) in [6, 6.07) is 9.29. The quantitative estimate of drug-likeness (QED) is 0.610. The first-order chi connectivity index (χ1) is 9.26. The third-order valence-electron chi connectivity index (χ3n) is 2.70. The molecule has 0 radical (unpaired) electrons. The van der Waals surface area contributed by atoms with Crippen LogP contribution in [0.5, 0.6) is 5.75 Å². The number of rotatable bonds is 5. The smallest absolute Gasteiger partial charge is 0.188 e. The number of aromatic nitrogens is 1. The standard InChI is InChI=1S/C15H15NO3/c1-11-8-12(6-7-16-11)14-5-3-4-13(9-17)15(14)19-10-18-2/h3-9H,10H2,1-2H3. The Bertz CT molecular complexity index is 581. The molecule has 0 spiro atoms. The van der Waals surface area contributed by atoms with Crippen LogP contribution in [0.3, 0.4) is 0 Å². The van der Waals surface area contributed by atoms with Gasteiger partial charge in [0.05, 0.1) is 5.56 Å². The van der Waals surface area contributed by atoms with E-state index in [1.54, 1.807) is 19.4 Å². The van der Waals surface area contributed by atoms with Crippen LogP contribution in [0.15, 0.2) is 36.5 Å². The van der Waals surface area contributed by atoms with E-state index in [1.807, 2.05) is 31.2 Å². The van der Waals surface area contributed by atoms with E-state index in [4.69, 9.17) is 9.47 Å². The lowest BCUT2D eigenvalue weighted by Gasteiger charge is -2.13. The molecule has 98 valence electrons. The van der Waals surface area contributed by atoms with Crippen LogP contribution in [0.1, 0.15) is 16.1 Å². The fourth-order valence-corrected chi connectivity index (χ4v) is 1.87. The number of aryl methyl sites for hydroxylation is 1. The van der Waals surface area contributed by atoms with Crippen molar-refractivity contribution in [2.24, 2.45) is 0 Å². The van der Waals surface area contributed by atoms with Crippen molar-refractivity contribution < 1.29 is 14.3 Å². The minimum Gasteiger partial charge on any atom is -0.466 e. The molecule has 2 rings (SSSR count). The van der Waals surface area contributed by atoms with Crippen LogP contribution in [0.4, 0.5) is 0 Å². The first kappa shape index (κ1) is 13.2. The Morgan fingerprint density at radius 3 is 2.84 bits per heavy atom. The minimum absolute atomic E-state index is 0.0991. The van der Waals surface area contributed by atoms with Gasteiger partial charge in [0.25, 0.3) is 0 Å². The molecular formula is C15H15NO3. The van der Waals surface area contributed by atoms with Crippen molar-refractivity contribution in [2.75, 3.05) is 13.9 Å². The molecule has 0 unspecified atom stereocenters. The molecule has 0 bridgehead atoms. The number of para-hydroxylation sites is 1. The van der Waals surface area contributed by atoms with E-state index in [-0.39, 0.29) is 6.79 Å². The molecule has 0 aliphatic rings. The number of benzene rings is 1. The first-order valence-electron chi connectivity index (χ1n) is 5.89. The largest absolute Gasteiger partial charge is 0.466 e. The van der Waals surface area contributed by atoms with Crippen molar-refractivity contribution in [3.05, 3.63) is 47.8 Å². The zero-order chi connectivity index (χ0) is 13.7. The maximum Gasteiger partial charge on any atom is 0.188 e. The van der Waals surface area contributed by atoms with Gasteiger partial charge in [-0.1, -0.05) is 12.1 Å². The molecule has 0 aliphatic heterocycles. The number of methoxy groups -OCH3 is 1. The maximum absolute atomic E-state index is 11.1. The molecule has 0 saturated carbocycles. The molecule has 2 aromatic rings. The number of aldehydes is 1. The highest BCUT2D eigenvalue weighted by Crippen LogP contribution is 2.32. The fraction of sp³-hybridized carbons (Fsp3) is 0.200. The molecule has 0 atom stereocenters. The Balaban J connectivity index is 2.52. The van der Waals surface area contributed by atoms with E-state index in [0.29, 0.717) is 11.3 Å². The second-order valence-corrected chi connectivity index (χ2v) is 4.08. The lowest BCUT2D eigenvalue weighted by atomic mass is 10.0. The van der Waals surface area contributed by atoms with Crippen LogP contribution in [0, 0.1) is 6.92 Å². The summed E-state index contributed by atoms with van der Waals surface area (Å²) in [5, 5.41) is 0. The van der Waals surface area contributed by atoms with Crippen molar-refractivity contribution in [3.63, 3.8) is 0 Å². The van der Waals surface area contributed by atoms with Crippen LogP contribution < -0.4 is 4.74 Å². The van der Waals surface area contributed by atoms with Gasteiger partial charge in [-0.05, 0) is 30.7 Å². The van der Waals surface area contributed by atoms with Gasteiger partial charge in [-0.3, -0.25) is 9.78 Å². The average Bonchev–Trinajstić information content (AvgIpc) is 2.44. The Hall–Kier alpha value is -2.20. The molecule has 4 heteroatoms. The average molecular weight is 257 g/mol. The second-order valence-electron chi connectivity index (χ2n) is 4.08. The molecule has 0 N–H and O–H groups in total. The maximum atomic E-state index is 11.1. The highest BCUT2D eigenvalue weighted by molar-refractivity contribution is 5.86. The van der Waals surface area contributed by atoms with Crippen molar-refractivity contribution in [3.8, 4) is 16.9 Å². The predicted octanol–water partition coefficient (Wildman–Crippen LogP) is 2.85. The molecular weight excluding hydrogens is 242 g/mol. The van der Waals surface area contributed by atoms with E-state index in [1.165, 1.54) is 0 Å². The summed E-state index contributed by atoms with van der Waals surface area (Å²) in [5.41, 5.74) is 3.23. The van der Waals surface area contributed by atoms with Crippen molar-refractivity contribution >= 4 is 6.29 Å². The van der Waals surface area contributed by atoms with E-state index >= 15 is 0 Å². The number of hydrogen-bond donors (Lipinski definition) is 0. The van der Waals surface area contributed by atoms with Gasteiger partial charge in [0, 0.05) is 24.6 Å². The van der Waals surface area contributed by atoms with Gasteiger partial charge < -0.3 is 9.47 Å². The molecule has 4 nitrogen and oxygen atoms in total. The molecule has 0 amide bonds. The van der Waals surface area contributed by atoms with Crippen LogP contribution in [-0.4, -0.2) is 25.2 Å². The van der Waals surface area contributed by atoms with E-state index < -0.39 is 0 Å². The topological polar surface area (TPSA) is 48.4 Å². The number of nitrogens with zero attached hydrogens (tertiary/aromatic N) is 1. The number of hydrogen-bond acceptors (Lipinski definition) is 4. The van der Waals surface area contributed by atoms with Crippen molar-refractivity contribution in [2.45, 2.75) is 6.92 Å². The summed E-state index contributed by atoms with van der Waals surface area (Å²) >= 11 is 0. The Labute approximate surface area is 112 Å². The molecule has 0 fully saturated rings. The van der Waals surface area contributed by atoms with Crippen LogP contribution in [-0.2, 0) is 4.74 Å². The number of ether oxygens (including phenoxy) is 2. The van der Waals surface area contributed by atoms with Gasteiger partial charge in [0.1, 0.15) is 5.75 Å². The summed E-state index contributed by atoms with van der Waals surface area (Å²) in [5.74, 6) is 0.532. The van der Waals surface area contributed by atoms with Gasteiger partial charge in [-0.25, -0.2) is 0 Å². The van der Waals surface area contributed by atoms with Gasteiger partial charge in [-0.15, -0.1) is 0 Å². The summed E-state index contributed by atoms with van der Waals surface area (Å²) in [6.45, 7) is 2.02. The number of carbonyl (C=O) groups is 1. The van der Waals surface area contributed by atoms with Gasteiger partial charge in [-0.2, -0.15) is 0 Å². The molecule has 1 heterocycles. The van der Waals surface area contributed by atoms with E-state index in [0.717, 1.165) is 23.1 Å². The molecule has 0 aliphatic carbocycles. The minimum atomic E-state index is 0.0991. The van der Waals surface area contributed by atoms with Crippen molar-refractivity contribution in [1.29, 1.82) is 0 Å². The van der Waals surface area contributed by atoms with Crippen LogP contribution in [0.25, 0.3) is 11.1 Å². The summed E-state index contributed by atoms with van der Waals surface area (Å²) in [6.07, 6.45) is 2.51. The number of pyridine rings is 1. The Kier molecular flexibility index (Phi) is 4.26. The summed E-state index contributed by atoms with van der Waals surface area (Å²) in [4.78, 5) is 15.3. The predicted molar refractivity (Wildman–Crippen MR) is 72.3 cm³/mol. The first-order valence-corrected chi connectivity index (χ1v) is 5.89. The lowest BCUT2D eigenvalue weighted by molar-refractivity contribution is 0.0509. The van der Waals surface area contributed by atoms with Gasteiger partial charge >= 0.3 is 0 Å². The third-order valence-corrected chi connectivity index (χ3v) is 2.70. The molecule has 19 heavy (non-hydrogen) atoms. The van der Waals surface area contributed by atoms with E-state index in [2.05, 4.69) is 4.98 Å². The van der Waals surface area contributed by atoms with E-state index in [9.17, 15) is 4.79 Å².